The van der Waals surface area contributed by atoms with E-state index in [1.807, 2.05) is 0 Å². The predicted octanol–water partition coefficient (Wildman–Crippen LogP) is 2.89. The summed E-state index contributed by atoms with van der Waals surface area (Å²) in [6.07, 6.45) is 3.79. The first-order chi connectivity index (χ1) is 7.52. The molecule has 3 unspecified atom stereocenters. The lowest BCUT2D eigenvalue weighted by molar-refractivity contribution is 0.131. The van der Waals surface area contributed by atoms with Gasteiger partial charge in [0.2, 0.25) is 0 Å². The van der Waals surface area contributed by atoms with Crippen molar-refractivity contribution < 1.29 is 0 Å². The molecule has 16 heavy (non-hydrogen) atoms. The van der Waals surface area contributed by atoms with Crippen molar-refractivity contribution in [3.05, 3.63) is 0 Å². The normalized spacial score (nSPS) is 32.1. The van der Waals surface area contributed by atoms with Crippen LogP contribution in [-0.4, -0.2) is 36.1 Å². The molecular weight excluding hydrogens is 196 g/mol. The molecule has 0 bridgehead atoms. The van der Waals surface area contributed by atoms with Gasteiger partial charge in [0.1, 0.15) is 0 Å². The van der Waals surface area contributed by atoms with E-state index >= 15 is 0 Å². The van der Waals surface area contributed by atoms with Crippen LogP contribution in [0.4, 0.5) is 0 Å². The first kappa shape index (κ1) is 14.0. The Labute approximate surface area is 102 Å². The Bertz CT molecular complexity index is 205. The van der Waals surface area contributed by atoms with Gasteiger partial charge in [0.25, 0.3) is 0 Å². The number of hydrogen-bond acceptors (Lipinski definition) is 2. The van der Waals surface area contributed by atoms with Crippen LogP contribution in [0.3, 0.4) is 0 Å². The van der Waals surface area contributed by atoms with Crippen LogP contribution in [0, 0.1) is 5.92 Å². The zero-order chi connectivity index (χ0) is 12.2. The van der Waals surface area contributed by atoms with Crippen LogP contribution in [0.15, 0.2) is 0 Å². The lowest BCUT2D eigenvalue weighted by Gasteiger charge is -2.38. The van der Waals surface area contributed by atoms with E-state index in [1.165, 1.54) is 38.9 Å². The van der Waals surface area contributed by atoms with Crippen molar-refractivity contribution >= 4 is 0 Å². The van der Waals surface area contributed by atoms with E-state index < -0.39 is 0 Å². The zero-order valence-corrected chi connectivity index (χ0v) is 11.8. The van der Waals surface area contributed by atoms with E-state index in [1.54, 1.807) is 0 Å². The van der Waals surface area contributed by atoms with Gasteiger partial charge in [0.15, 0.2) is 0 Å². The summed E-state index contributed by atoms with van der Waals surface area (Å²) in [5.41, 5.74) is 0.318. The van der Waals surface area contributed by atoms with Crippen molar-refractivity contribution in [3.63, 3.8) is 0 Å². The second-order valence-electron chi connectivity index (χ2n) is 5.79. The quantitative estimate of drug-likeness (QED) is 0.793. The molecule has 1 fully saturated rings. The Morgan fingerprint density at radius 3 is 2.56 bits per heavy atom. The first-order valence-corrected chi connectivity index (χ1v) is 7.01. The monoisotopic (exact) mass is 226 g/mol. The topological polar surface area (TPSA) is 15.3 Å². The third kappa shape index (κ3) is 3.46. The van der Waals surface area contributed by atoms with Gasteiger partial charge in [-0.2, -0.15) is 0 Å². The number of rotatable bonds is 4. The van der Waals surface area contributed by atoms with E-state index in [-0.39, 0.29) is 0 Å². The van der Waals surface area contributed by atoms with Gasteiger partial charge in [-0.3, -0.25) is 4.90 Å². The summed E-state index contributed by atoms with van der Waals surface area (Å²) < 4.78 is 0. The molecule has 0 aromatic heterocycles. The Balaban J connectivity index is 2.64. The molecule has 2 nitrogen and oxygen atoms in total. The van der Waals surface area contributed by atoms with Crippen LogP contribution < -0.4 is 5.32 Å². The fourth-order valence-electron chi connectivity index (χ4n) is 2.54. The Morgan fingerprint density at radius 1 is 1.31 bits per heavy atom. The SMILES string of the molecule is CCC(C)C(C)N1CCCNC(C)(CC)C1. The van der Waals surface area contributed by atoms with Crippen LogP contribution in [0.5, 0.6) is 0 Å². The molecule has 0 aromatic carbocycles. The fraction of sp³-hybridized carbons (Fsp3) is 1.00. The van der Waals surface area contributed by atoms with Gasteiger partial charge in [-0.15, -0.1) is 0 Å². The highest BCUT2D eigenvalue weighted by Gasteiger charge is 2.30. The van der Waals surface area contributed by atoms with Gasteiger partial charge >= 0.3 is 0 Å². The van der Waals surface area contributed by atoms with E-state index in [2.05, 4.69) is 44.8 Å². The molecule has 0 aliphatic carbocycles. The molecule has 1 saturated heterocycles. The van der Waals surface area contributed by atoms with Crippen molar-refractivity contribution in [2.24, 2.45) is 5.92 Å². The Kier molecular flexibility index (Phi) is 5.26. The number of hydrogen-bond donors (Lipinski definition) is 1. The third-order valence-electron chi connectivity index (χ3n) is 4.55. The molecule has 0 radical (unpaired) electrons. The van der Waals surface area contributed by atoms with Crippen LogP contribution in [0.2, 0.25) is 0 Å². The minimum atomic E-state index is 0.318. The summed E-state index contributed by atoms with van der Waals surface area (Å²) in [5, 5.41) is 3.71. The maximum absolute atomic E-state index is 3.71. The fourth-order valence-corrected chi connectivity index (χ4v) is 2.54. The average molecular weight is 226 g/mol. The molecule has 3 atom stereocenters. The summed E-state index contributed by atoms with van der Waals surface area (Å²) in [6, 6.07) is 0.718. The second-order valence-corrected chi connectivity index (χ2v) is 5.79. The molecule has 0 saturated carbocycles. The van der Waals surface area contributed by atoms with Crippen molar-refractivity contribution in [1.29, 1.82) is 0 Å². The molecule has 0 aromatic rings. The van der Waals surface area contributed by atoms with Crippen LogP contribution in [0.25, 0.3) is 0 Å². The molecule has 1 aliphatic heterocycles. The molecule has 1 aliphatic rings. The van der Waals surface area contributed by atoms with Crippen LogP contribution in [-0.2, 0) is 0 Å². The number of nitrogens with zero attached hydrogens (tertiary/aromatic N) is 1. The predicted molar refractivity (Wildman–Crippen MR) is 71.8 cm³/mol. The zero-order valence-electron chi connectivity index (χ0n) is 11.8. The van der Waals surface area contributed by atoms with Crippen molar-refractivity contribution in [1.82, 2.24) is 10.2 Å². The van der Waals surface area contributed by atoms with E-state index in [9.17, 15) is 0 Å². The van der Waals surface area contributed by atoms with Gasteiger partial charge < -0.3 is 5.32 Å². The third-order valence-corrected chi connectivity index (χ3v) is 4.55. The summed E-state index contributed by atoms with van der Waals surface area (Å²) in [5.74, 6) is 0.805. The minimum Gasteiger partial charge on any atom is -0.310 e. The van der Waals surface area contributed by atoms with E-state index in [0.717, 1.165) is 12.0 Å². The summed E-state index contributed by atoms with van der Waals surface area (Å²) in [6.45, 7) is 15.4. The van der Waals surface area contributed by atoms with Crippen LogP contribution in [0.1, 0.15) is 53.9 Å². The van der Waals surface area contributed by atoms with Gasteiger partial charge in [-0.05, 0) is 45.7 Å². The highest BCUT2D eigenvalue weighted by molar-refractivity contribution is 4.90. The average Bonchev–Trinajstić information content (AvgIpc) is 2.50. The molecule has 1 N–H and O–H groups in total. The maximum Gasteiger partial charge on any atom is 0.0277 e. The smallest absolute Gasteiger partial charge is 0.0277 e. The van der Waals surface area contributed by atoms with E-state index in [0.29, 0.717) is 5.54 Å². The second kappa shape index (κ2) is 6.02. The molecular formula is C14H30N2. The summed E-state index contributed by atoms with van der Waals surface area (Å²) in [4.78, 5) is 2.69. The van der Waals surface area contributed by atoms with Gasteiger partial charge in [-0.25, -0.2) is 0 Å². The van der Waals surface area contributed by atoms with E-state index in [4.69, 9.17) is 0 Å². The standard InChI is InChI=1S/C14H30N2/c1-6-12(3)13(4)16-10-8-9-15-14(5,7-2)11-16/h12-13,15H,6-11H2,1-5H3. The minimum absolute atomic E-state index is 0.318. The van der Waals surface area contributed by atoms with Gasteiger partial charge in [0.05, 0.1) is 0 Å². The van der Waals surface area contributed by atoms with Gasteiger partial charge in [-0.1, -0.05) is 27.2 Å². The molecule has 0 amide bonds. The Hall–Kier alpha value is -0.0800. The van der Waals surface area contributed by atoms with Crippen molar-refractivity contribution in [3.8, 4) is 0 Å². The molecule has 1 heterocycles. The van der Waals surface area contributed by atoms with Crippen molar-refractivity contribution in [2.75, 3.05) is 19.6 Å². The van der Waals surface area contributed by atoms with Crippen LogP contribution >= 0.6 is 0 Å². The highest BCUT2D eigenvalue weighted by Crippen LogP contribution is 2.21. The summed E-state index contributed by atoms with van der Waals surface area (Å²) in [7, 11) is 0. The lowest BCUT2D eigenvalue weighted by Crippen LogP contribution is -2.51. The molecule has 96 valence electrons. The number of nitrogens with one attached hydrogen (secondary N) is 1. The molecule has 2 heteroatoms. The largest absolute Gasteiger partial charge is 0.310 e. The highest BCUT2D eigenvalue weighted by atomic mass is 15.2. The molecule has 1 rings (SSSR count). The maximum atomic E-state index is 3.71. The Morgan fingerprint density at radius 2 is 2.00 bits per heavy atom. The first-order valence-electron chi connectivity index (χ1n) is 7.01. The summed E-state index contributed by atoms with van der Waals surface area (Å²) >= 11 is 0. The van der Waals surface area contributed by atoms with Gasteiger partial charge in [0, 0.05) is 18.1 Å². The lowest BCUT2D eigenvalue weighted by atomic mass is 9.94. The molecule has 0 spiro atoms. The van der Waals surface area contributed by atoms with Crippen molar-refractivity contribution in [2.45, 2.75) is 65.5 Å².